The monoisotopic (exact) mass is 353 g/mol. The minimum absolute atomic E-state index is 0.0166. The van der Waals surface area contributed by atoms with Crippen LogP contribution >= 0.6 is 0 Å². The molecule has 4 nitrogen and oxygen atoms in total. The molecule has 1 heterocycles. The first-order chi connectivity index (χ1) is 12.7. The SMILES string of the molecule is CCCC1C(=O)CC(c2ccc(OC)cc2)NC1c1ccc(OC)cc1. The van der Waals surface area contributed by atoms with Gasteiger partial charge in [0.05, 0.1) is 14.2 Å². The van der Waals surface area contributed by atoms with Gasteiger partial charge in [0.2, 0.25) is 0 Å². The number of ether oxygens (including phenoxy) is 2. The molecule has 0 aromatic heterocycles. The third-order valence-electron chi connectivity index (χ3n) is 5.19. The zero-order chi connectivity index (χ0) is 18.5. The van der Waals surface area contributed by atoms with Crippen molar-refractivity contribution in [1.82, 2.24) is 5.32 Å². The molecule has 0 spiro atoms. The second-order valence-corrected chi connectivity index (χ2v) is 6.81. The molecule has 0 saturated carbocycles. The summed E-state index contributed by atoms with van der Waals surface area (Å²) >= 11 is 0. The molecule has 2 aromatic carbocycles. The molecular weight excluding hydrogens is 326 g/mol. The fourth-order valence-electron chi connectivity index (χ4n) is 3.76. The number of carbonyl (C=O) groups is 1. The first-order valence-corrected chi connectivity index (χ1v) is 9.23. The van der Waals surface area contributed by atoms with Gasteiger partial charge in [-0.2, -0.15) is 0 Å². The van der Waals surface area contributed by atoms with E-state index in [-0.39, 0.29) is 18.0 Å². The van der Waals surface area contributed by atoms with Crippen molar-refractivity contribution in [2.24, 2.45) is 5.92 Å². The number of rotatable bonds is 6. The number of methoxy groups -OCH3 is 2. The molecular formula is C22H27NO3. The van der Waals surface area contributed by atoms with Crippen molar-refractivity contribution in [2.45, 2.75) is 38.3 Å². The summed E-state index contributed by atoms with van der Waals surface area (Å²) < 4.78 is 10.5. The van der Waals surface area contributed by atoms with E-state index in [2.05, 4.69) is 24.4 Å². The summed E-state index contributed by atoms with van der Waals surface area (Å²) in [4.78, 5) is 12.9. The van der Waals surface area contributed by atoms with Crippen molar-refractivity contribution in [2.75, 3.05) is 14.2 Å². The number of hydrogen-bond acceptors (Lipinski definition) is 4. The predicted octanol–water partition coefficient (Wildman–Crippen LogP) is 4.46. The summed E-state index contributed by atoms with van der Waals surface area (Å²) in [6.07, 6.45) is 2.43. The average Bonchev–Trinajstić information content (AvgIpc) is 2.69. The largest absolute Gasteiger partial charge is 0.497 e. The molecule has 1 saturated heterocycles. The molecule has 1 aliphatic rings. The van der Waals surface area contributed by atoms with Crippen LogP contribution in [-0.2, 0) is 4.79 Å². The van der Waals surface area contributed by atoms with E-state index in [0.717, 1.165) is 35.5 Å². The molecule has 138 valence electrons. The van der Waals surface area contributed by atoms with Crippen LogP contribution in [-0.4, -0.2) is 20.0 Å². The fraction of sp³-hybridized carbons (Fsp3) is 0.409. The molecule has 3 atom stereocenters. The van der Waals surface area contributed by atoms with Gasteiger partial charge in [-0.1, -0.05) is 37.6 Å². The Morgan fingerprint density at radius 2 is 1.46 bits per heavy atom. The summed E-state index contributed by atoms with van der Waals surface area (Å²) in [6, 6.07) is 16.0. The molecule has 0 aliphatic carbocycles. The van der Waals surface area contributed by atoms with Gasteiger partial charge in [-0.3, -0.25) is 4.79 Å². The molecule has 0 radical (unpaired) electrons. The van der Waals surface area contributed by atoms with Crippen molar-refractivity contribution in [1.29, 1.82) is 0 Å². The van der Waals surface area contributed by atoms with Gasteiger partial charge in [-0.15, -0.1) is 0 Å². The molecule has 3 rings (SSSR count). The maximum Gasteiger partial charge on any atom is 0.139 e. The highest BCUT2D eigenvalue weighted by molar-refractivity contribution is 5.83. The van der Waals surface area contributed by atoms with Gasteiger partial charge in [0.15, 0.2) is 0 Å². The second-order valence-electron chi connectivity index (χ2n) is 6.81. The molecule has 26 heavy (non-hydrogen) atoms. The smallest absolute Gasteiger partial charge is 0.139 e. The average molecular weight is 353 g/mol. The minimum atomic E-state index is 0.0166. The van der Waals surface area contributed by atoms with Gasteiger partial charge < -0.3 is 14.8 Å². The molecule has 3 unspecified atom stereocenters. The van der Waals surface area contributed by atoms with Crippen molar-refractivity contribution in [3.8, 4) is 11.5 Å². The predicted molar refractivity (Wildman–Crippen MR) is 103 cm³/mol. The fourth-order valence-corrected chi connectivity index (χ4v) is 3.76. The number of benzene rings is 2. The van der Waals surface area contributed by atoms with Crippen LogP contribution in [0.25, 0.3) is 0 Å². The van der Waals surface area contributed by atoms with Crippen molar-refractivity contribution < 1.29 is 14.3 Å². The zero-order valence-electron chi connectivity index (χ0n) is 15.7. The Hall–Kier alpha value is -2.33. The molecule has 1 N–H and O–H groups in total. The molecule has 0 amide bonds. The van der Waals surface area contributed by atoms with Crippen LogP contribution in [0.2, 0.25) is 0 Å². The van der Waals surface area contributed by atoms with Crippen molar-refractivity contribution >= 4 is 5.78 Å². The zero-order valence-corrected chi connectivity index (χ0v) is 15.7. The highest BCUT2D eigenvalue weighted by Crippen LogP contribution is 2.37. The number of Topliss-reactive ketones (excluding diaryl/α,β-unsaturated/α-hetero) is 1. The standard InChI is InChI=1S/C22H27NO3/c1-4-5-19-21(24)14-20(15-6-10-17(25-2)11-7-15)23-22(19)16-8-12-18(26-3)13-9-16/h6-13,19-20,22-23H,4-5,14H2,1-3H3. The van der Waals surface area contributed by atoms with E-state index in [1.807, 2.05) is 36.4 Å². The second kappa shape index (κ2) is 8.37. The summed E-state index contributed by atoms with van der Waals surface area (Å²) in [6.45, 7) is 2.13. The lowest BCUT2D eigenvalue weighted by atomic mass is 9.79. The van der Waals surface area contributed by atoms with E-state index in [9.17, 15) is 4.79 Å². The van der Waals surface area contributed by atoms with Crippen LogP contribution in [0.4, 0.5) is 0 Å². The lowest BCUT2D eigenvalue weighted by molar-refractivity contribution is -0.127. The quantitative estimate of drug-likeness (QED) is 0.833. The van der Waals surface area contributed by atoms with Gasteiger partial charge in [-0.05, 0) is 41.8 Å². The van der Waals surface area contributed by atoms with E-state index >= 15 is 0 Å². The summed E-state index contributed by atoms with van der Waals surface area (Å²) in [5.41, 5.74) is 2.25. The minimum Gasteiger partial charge on any atom is -0.497 e. The van der Waals surface area contributed by atoms with Crippen LogP contribution in [0.1, 0.15) is 49.4 Å². The Bertz CT molecular complexity index is 724. The Morgan fingerprint density at radius 3 is 1.96 bits per heavy atom. The van der Waals surface area contributed by atoms with Crippen molar-refractivity contribution in [3.05, 3.63) is 59.7 Å². The maximum atomic E-state index is 12.9. The van der Waals surface area contributed by atoms with E-state index in [1.54, 1.807) is 14.2 Å². The molecule has 0 bridgehead atoms. The Morgan fingerprint density at radius 1 is 0.923 bits per heavy atom. The lowest BCUT2D eigenvalue weighted by Gasteiger charge is -2.37. The Labute approximate surface area is 155 Å². The van der Waals surface area contributed by atoms with Crippen LogP contribution in [0.3, 0.4) is 0 Å². The first-order valence-electron chi connectivity index (χ1n) is 9.23. The van der Waals surface area contributed by atoms with Gasteiger partial charge >= 0.3 is 0 Å². The van der Waals surface area contributed by atoms with E-state index in [4.69, 9.17) is 9.47 Å². The molecule has 2 aromatic rings. The van der Waals surface area contributed by atoms with Crippen LogP contribution in [0.5, 0.6) is 11.5 Å². The third kappa shape index (κ3) is 3.91. The first kappa shape index (κ1) is 18.5. The number of piperidine rings is 1. The Balaban J connectivity index is 1.87. The van der Waals surface area contributed by atoms with Crippen LogP contribution in [0.15, 0.2) is 48.5 Å². The van der Waals surface area contributed by atoms with E-state index < -0.39 is 0 Å². The van der Waals surface area contributed by atoms with Gasteiger partial charge in [0.1, 0.15) is 17.3 Å². The maximum absolute atomic E-state index is 12.9. The van der Waals surface area contributed by atoms with Gasteiger partial charge in [0, 0.05) is 24.4 Å². The highest BCUT2D eigenvalue weighted by atomic mass is 16.5. The number of ketones is 1. The van der Waals surface area contributed by atoms with E-state index in [1.165, 1.54) is 0 Å². The normalized spacial score (nSPS) is 22.9. The van der Waals surface area contributed by atoms with Crippen LogP contribution in [0, 0.1) is 5.92 Å². The molecule has 1 aliphatic heterocycles. The molecule has 4 heteroatoms. The number of nitrogens with one attached hydrogen (secondary N) is 1. The number of hydrogen-bond donors (Lipinski definition) is 1. The number of carbonyl (C=O) groups excluding carboxylic acids is 1. The van der Waals surface area contributed by atoms with Gasteiger partial charge in [-0.25, -0.2) is 0 Å². The summed E-state index contributed by atoms with van der Waals surface area (Å²) in [5.74, 6) is 2.01. The highest BCUT2D eigenvalue weighted by Gasteiger charge is 2.36. The summed E-state index contributed by atoms with van der Waals surface area (Å²) in [7, 11) is 3.32. The van der Waals surface area contributed by atoms with E-state index in [0.29, 0.717) is 12.2 Å². The Kier molecular flexibility index (Phi) is 5.94. The van der Waals surface area contributed by atoms with Crippen LogP contribution < -0.4 is 14.8 Å². The third-order valence-corrected chi connectivity index (χ3v) is 5.19. The summed E-state index contributed by atoms with van der Waals surface area (Å²) in [5, 5.41) is 3.72. The topological polar surface area (TPSA) is 47.6 Å². The van der Waals surface area contributed by atoms with Crippen molar-refractivity contribution in [3.63, 3.8) is 0 Å². The van der Waals surface area contributed by atoms with Gasteiger partial charge in [0.25, 0.3) is 0 Å². The lowest BCUT2D eigenvalue weighted by Crippen LogP contribution is -2.42. The molecule has 1 fully saturated rings.